The third-order valence-corrected chi connectivity index (χ3v) is 3.42. The largest absolute Gasteiger partial charge is 0.374 e. The third-order valence-electron chi connectivity index (χ3n) is 3.42. The summed E-state index contributed by atoms with van der Waals surface area (Å²) in [5.41, 5.74) is 12.6. The van der Waals surface area contributed by atoms with Crippen molar-refractivity contribution >= 4 is 5.91 Å². The average Bonchev–Trinajstić information content (AvgIpc) is 2.38. The first-order valence-corrected chi connectivity index (χ1v) is 6.41. The highest BCUT2D eigenvalue weighted by Crippen LogP contribution is 2.21. The lowest BCUT2D eigenvalue weighted by Crippen LogP contribution is -2.30. The fourth-order valence-electron chi connectivity index (χ4n) is 2.28. The van der Waals surface area contributed by atoms with Gasteiger partial charge in [-0.2, -0.15) is 0 Å². The molecular weight excluding hydrogens is 228 g/mol. The van der Waals surface area contributed by atoms with Gasteiger partial charge in [-0.3, -0.25) is 4.79 Å². The van der Waals surface area contributed by atoms with Crippen LogP contribution in [0, 0.1) is 0 Å². The number of hydrogen-bond acceptors (Lipinski definition) is 3. The lowest BCUT2D eigenvalue weighted by Gasteiger charge is -2.26. The molecule has 0 unspecified atom stereocenters. The molecule has 4 N–H and O–H groups in total. The second-order valence-corrected chi connectivity index (χ2v) is 4.91. The van der Waals surface area contributed by atoms with Gasteiger partial charge in [0.1, 0.15) is 0 Å². The Balaban J connectivity index is 1.86. The molecule has 1 fully saturated rings. The van der Waals surface area contributed by atoms with Gasteiger partial charge >= 0.3 is 0 Å². The van der Waals surface area contributed by atoms with Gasteiger partial charge in [-0.25, -0.2) is 0 Å². The van der Waals surface area contributed by atoms with Crippen molar-refractivity contribution in [1.29, 1.82) is 0 Å². The highest BCUT2D eigenvalue weighted by Gasteiger charge is 2.18. The van der Waals surface area contributed by atoms with Gasteiger partial charge in [0.2, 0.25) is 5.91 Å². The quantitative estimate of drug-likeness (QED) is 0.849. The molecule has 1 aromatic carbocycles. The zero-order chi connectivity index (χ0) is 13.0. The van der Waals surface area contributed by atoms with Crippen molar-refractivity contribution < 1.29 is 9.53 Å². The molecule has 0 radical (unpaired) electrons. The predicted octanol–water partition coefficient (Wildman–Crippen LogP) is 1.57. The van der Waals surface area contributed by atoms with E-state index in [1.165, 1.54) is 0 Å². The molecular formula is C14H20N2O2. The summed E-state index contributed by atoms with van der Waals surface area (Å²) in [7, 11) is 0. The Bertz CT molecular complexity index is 412. The summed E-state index contributed by atoms with van der Waals surface area (Å²) in [6.07, 6.45) is 4.41. The maximum absolute atomic E-state index is 11.1. The minimum atomic E-state index is -0.402. The Labute approximate surface area is 107 Å². The number of amides is 1. The normalized spacial score (nSPS) is 23.8. The van der Waals surface area contributed by atoms with Crippen LogP contribution in [-0.2, 0) is 11.3 Å². The molecule has 98 valence electrons. The number of nitrogens with two attached hydrogens (primary N) is 2. The Kier molecular flexibility index (Phi) is 4.33. The lowest BCUT2D eigenvalue weighted by atomic mass is 9.94. The van der Waals surface area contributed by atoms with Gasteiger partial charge in [0.05, 0.1) is 12.7 Å². The van der Waals surface area contributed by atoms with Crippen molar-refractivity contribution in [2.75, 3.05) is 0 Å². The van der Waals surface area contributed by atoms with E-state index in [-0.39, 0.29) is 0 Å². The summed E-state index contributed by atoms with van der Waals surface area (Å²) in [6, 6.07) is 7.61. The van der Waals surface area contributed by atoms with Crippen LogP contribution in [0.5, 0.6) is 0 Å². The van der Waals surface area contributed by atoms with Gasteiger partial charge in [0.25, 0.3) is 0 Å². The molecule has 4 nitrogen and oxygen atoms in total. The van der Waals surface area contributed by atoms with Crippen LogP contribution in [0.25, 0.3) is 0 Å². The van der Waals surface area contributed by atoms with Crippen LogP contribution in [0.3, 0.4) is 0 Å². The number of benzene rings is 1. The van der Waals surface area contributed by atoms with Crippen molar-refractivity contribution in [3.8, 4) is 0 Å². The van der Waals surface area contributed by atoms with E-state index in [0.29, 0.717) is 24.3 Å². The van der Waals surface area contributed by atoms with E-state index in [1.807, 2.05) is 12.1 Å². The fraction of sp³-hybridized carbons (Fsp3) is 0.500. The van der Waals surface area contributed by atoms with E-state index in [9.17, 15) is 4.79 Å². The van der Waals surface area contributed by atoms with Crippen LogP contribution in [-0.4, -0.2) is 18.1 Å². The maximum atomic E-state index is 11.1. The van der Waals surface area contributed by atoms with Crippen molar-refractivity contribution in [3.63, 3.8) is 0 Å². The summed E-state index contributed by atoms with van der Waals surface area (Å²) < 4.78 is 5.84. The molecule has 0 spiro atoms. The maximum Gasteiger partial charge on any atom is 0.248 e. The van der Waals surface area contributed by atoms with Crippen LogP contribution < -0.4 is 11.5 Å². The third kappa shape index (κ3) is 3.55. The number of rotatable bonds is 4. The highest BCUT2D eigenvalue weighted by molar-refractivity contribution is 5.92. The van der Waals surface area contributed by atoms with Gasteiger partial charge < -0.3 is 16.2 Å². The lowest BCUT2D eigenvalue weighted by molar-refractivity contribution is 0.0138. The van der Waals surface area contributed by atoms with Gasteiger partial charge in [0, 0.05) is 11.6 Å². The molecule has 0 heterocycles. The van der Waals surface area contributed by atoms with Crippen molar-refractivity contribution in [1.82, 2.24) is 0 Å². The molecule has 4 heteroatoms. The monoisotopic (exact) mass is 248 g/mol. The van der Waals surface area contributed by atoms with Crippen LogP contribution in [0.15, 0.2) is 24.3 Å². The van der Waals surface area contributed by atoms with E-state index < -0.39 is 5.91 Å². The van der Waals surface area contributed by atoms with Crippen LogP contribution >= 0.6 is 0 Å². The molecule has 0 aliphatic heterocycles. The highest BCUT2D eigenvalue weighted by atomic mass is 16.5. The number of ether oxygens (including phenoxy) is 1. The van der Waals surface area contributed by atoms with Crippen LogP contribution in [0.4, 0.5) is 0 Å². The summed E-state index contributed by atoms with van der Waals surface area (Å²) in [4.78, 5) is 11.1. The number of hydrogen-bond donors (Lipinski definition) is 2. The van der Waals surface area contributed by atoms with Crippen LogP contribution in [0.2, 0.25) is 0 Å². The second-order valence-electron chi connectivity index (χ2n) is 4.91. The molecule has 0 aromatic heterocycles. The average molecular weight is 248 g/mol. The molecule has 1 amide bonds. The number of primary amides is 1. The Morgan fingerprint density at radius 2 is 2.00 bits per heavy atom. The standard InChI is InChI=1S/C14H20N2O2/c15-12-4-6-13(7-5-12)18-9-10-2-1-3-11(8-10)14(16)17/h1-3,8,12-13H,4-7,9,15H2,(H2,16,17). The van der Waals surface area contributed by atoms with E-state index in [2.05, 4.69) is 0 Å². The fourth-order valence-corrected chi connectivity index (χ4v) is 2.28. The first-order valence-electron chi connectivity index (χ1n) is 6.41. The van der Waals surface area contributed by atoms with E-state index in [0.717, 1.165) is 31.2 Å². The van der Waals surface area contributed by atoms with Gasteiger partial charge in [-0.15, -0.1) is 0 Å². The second kappa shape index (κ2) is 5.98. The smallest absolute Gasteiger partial charge is 0.248 e. The summed E-state index contributed by atoms with van der Waals surface area (Å²) in [5, 5.41) is 0. The molecule has 0 atom stereocenters. The molecule has 1 aliphatic rings. The number of carbonyl (C=O) groups is 1. The Hall–Kier alpha value is -1.39. The van der Waals surface area contributed by atoms with E-state index >= 15 is 0 Å². The summed E-state index contributed by atoms with van der Waals surface area (Å²) >= 11 is 0. The minimum Gasteiger partial charge on any atom is -0.374 e. The minimum absolute atomic E-state index is 0.294. The van der Waals surface area contributed by atoms with Gasteiger partial charge in [0.15, 0.2) is 0 Å². The molecule has 0 bridgehead atoms. The van der Waals surface area contributed by atoms with Crippen molar-refractivity contribution in [3.05, 3.63) is 35.4 Å². The van der Waals surface area contributed by atoms with Crippen molar-refractivity contribution in [2.24, 2.45) is 11.5 Å². The first kappa shape index (κ1) is 13.1. The summed E-state index contributed by atoms with van der Waals surface area (Å²) in [5.74, 6) is -0.402. The molecule has 1 saturated carbocycles. The van der Waals surface area contributed by atoms with Crippen LogP contribution in [0.1, 0.15) is 41.6 Å². The predicted molar refractivity (Wildman–Crippen MR) is 70.0 cm³/mol. The molecule has 1 aromatic rings. The molecule has 0 saturated heterocycles. The zero-order valence-corrected chi connectivity index (χ0v) is 10.5. The zero-order valence-electron chi connectivity index (χ0n) is 10.5. The van der Waals surface area contributed by atoms with Crippen molar-refractivity contribution in [2.45, 2.75) is 44.4 Å². The first-order chi connectivity index (χ1) is 8.65. The van der Waals surface area contributed by atoms with E-state index in [4.69, 9.17) is 16.2 Å². The topological polar surface area (TPSA) is 78.3 Å². The van der Waals surface area contributed by atoms with Gasteiger partial charge in [-0.1, -0.05) is 12.1 Å². The molecule has 1 aliphatic carbocycles. The summed E-state index contributed by atoms with van der Waals surface area (Å²) in [6.45, 7) is 0.529. The molecule has 18 heavy (non-hydrogen) atoms. The number of carbonyl (C=O) groups excluding carboxylic acids is 1. The van der Waals surface area contributed by atoms with E-state index in [1.54, 1.807) is 12.1 Å². The SMILES string of the molecule is NC(=O)c1cccc(COC2CCC(N)CC2)c1. The Morgan fingerprint density at radius 1 is 1.28 bits per heavy atom. The van der Waals surface area contributed by atoms with Gasteiger partial charge in [-0.05, 0) is 43.4 Å². The Morgan fingerprint density at radius 3 is 2.67 bits per heavy atom. The molecule has 2 rings (SSSR count).